The van der Waals surface area contributed by atoms with Crippen molar-refractivity contribution in [2.24, 2.45) is 0 Å². The summed E-state index contributed by atoms with van der Waals surface area (Å²) in [5.41, 5.74) is 2.89. The van der Waals surface area contributed by atoms with Gasteiger partial charge in [-0.15, -0.1) is 11.3 Å². The van der Waals surface area contributed by atoms with Crippen LogP contribution in [0.25, 0.3) is 0 Å². The summed E-state index contributed by atoms with van der Waals surface area (Å²) in [5.74, 6) is 2.13. The first kappa shape index (κ1) is 15.6. The molecule has 0 aliphatic heterocycles. The summed E-state index contributed by atoms with van der Waals surface area (Å²) in [7, 11) is 0. The van der Waals surface area contributed by atoms with Gasteiger partial charge in [-0.1, -0.05) is 0 Å². The maximum atomic E-state index is 5.71. The molecule has 5 heteroatoms. The highest BCUT2D eigenvalue weighted by Crippen LogP contribution is 2.39. The van der Waals surface area contributed by atoms with Crippen LogP contribution in [0.15, 0.2) is 17.6 Å². The lowest BCUT2D eigenvalue weighted by Gasteiger charge is -2.17. The van der Waals surface area contributed by atoms with Crippen LogP contribution in [0.1, 0.15) is 31.2 Å². The van der Waals surface area contributed by atoms with Gasteiger partial charge in [0.1, 0.15) is 6.20 Å². The molecule has 1 radical (unpaired) electrons. The molecule has 4 nitrogen and oxygen atoms in total. The minimum atomic E-state index is 0.572. The van der Waals surface area contributed by atoms with Gasteiger partial charge in [0.05, 0.1) is 25.3 Å². The van der Waals surface area contributed by atoms with E-state index in [0.717, 1.165) is 28.4 Å². The van der Waals surface area contributed by atoms with Gasteiger partial charge in [0.2, 0.25) is 5.75 Å². The van der Waals surface area contributed by atoms with Crippen molar-refractivity contribution >= 4 is 11.3 Å². The van der Waals surface area contributed by atoms with E-state index < -0.39 is 0 Å². The smallest absolute Gasteiger partial charge is 0.203 e. The molecule has 0 amide bonds. The third kappa shape index (κ3) is 4.11. The highest BCUT2D eigenvalue weighted by molar-refractivity contribution is 7.09. The van der Waals surface area contributed by atoms with Gasteiger partial charge in [-0.3, -0.25) is 0 Å². The van der Waals surface area contributed by atoms with Crippen molar-refractivity contribution in [2.45, 2.75) is 27.2 Å². The average molecular weight is 306 g/mol. The van der Waals surface area contributed by atoms with E-state index in [2.05, 4.69) is 11.2 Å². The van der Waals surface area contributed by atoms with Crippen LogP contribution in [0, 0.1) is 6.20 Å². The molecule has 0 aliphatic carbocycles. The molecule has 113 valence electrons. The molecule has 1 aromatic carbocycles. The van der Waals surface area contributed by atoms with Crippen molar-refractivity contribution in [3.8, 4) is 17.2 Å². The van der Waals surface area contributed by atoms with E-state index in [1.54, 1.807) is 16.8 Å². The summed E-state index contributed by atoms with van der Waals surface area (Å²) in [4.78, 5) is 5.08. The quantitative estimate of drug-likeness (QED) is 0.745. The Morgan fingerprint density at radius 3 is 2.10 bits per heavy atom. The van der Waals surface area contributed by atoms with Crippen LogP contribution >= 0.6 is 11.3 Å². The molecule has 2 aromatic rings. The second-order valence-electron chi connectivity index (χ2n) is 4.28. The topological polar surface area (TPSA) is 40.6 Å². The molecule has 0 spiro atoms. The SMILES string of the molecule is CCOc1cc(Cc2[c]ncs2)cc(OCC)c1OCC. The first-order valence-electron chi connectivity index (χ1n) is 7.13. The predicted molar refractivity (Wildman–Crippen MR) is 83.7 cm³/mol. The van der Waals surface area contributed by atoms with E-state index in [9.17, 15) is 0 Å². The van der Waals surface area contributed by atoms with Crippen molar-refractivity contribution in [1.29, 1.82) is 0 Å². The van der Waals surface area contributed by atoms with Crippen LogP contribution in [0.3, 0.4) is 0 Å². The van der Waals surface area contributed by atoms with Crippen LogP contribution in [0.2, 0.25) is 0 Å². The monoisotopic (exact) mass is 306 g/mol. The summed E-state index contributed by atoms with van der Waals surface area (Å²) in [5, 5.41) is 0. The highest BCUT2D eigenvalue weighted by atomic mass is 32.1. The minimum Gasteiger partial charge on any atom is -0.490 e. The van der Waals surface area contributed by atoms with Crippen LogP contribution in [-0.4, -0.2) is 24.8 Å². The third-order valence-electron chi connectivity index (χ3n) is 2.77. The zero-order valence-electron chi connectivity index (χ0n) is 12.6. The van der Waals surface area contributed by atoms with Gasteiger partial charge in [0, 0.05) is 11.3 Å². The molecule has 21 heavy (non-hydrogen) atoms. The second kappa shape index (κ2) is 7.88. The molecule has 0 unspecified atom stereocenters. The molecule has 0 saturated heterocycles. The molecule has 2 rings (SSSR count). The first-order chi connectivity index (χ1) is 10.3. The maximum absolute atomic E-state index is 5.71. The van der Waals surface area contributed by atoms with Crippen LogP contribution in [0.5, 0.6) is 17.2 Å². The Morgan fingerprint density at radius 2 is 1.62 bits per heavy atom. The second-order valence-corrected chi connectivity index (χ2v) is 5.22. The lowest BCUT2D eigenvalue weighted by molar-refractivity contribution is 0.260. The van der Waals surface area contributed by atoms with E-state index in [0.29, 0.717) is 25.6 Å². The fraction of sp³-hybridized carbons (Fsp3) is 0.438. The third-order valence-corrected chi connectivity index (χ3v) is 3.50. The van der Waals surface area contributed by atoms with Crippen LogP contribution in [0.4, 0.5) is 0 Å². The largest absolute Gasteiger partial charge is 0.490 e. The van der Waals surface area contributed by atoms with Crippen molar-refractivity contribution in [1.82, 2.24) is 4.98 Å². The lowest BCUT2D eigenvalue weighted by atomic mass is 10.1. The van der Waals surface area contributed by atoms with Crippen molar-refractivity contribution < 1.29 is 14.2 Å². The number of hydrogen-bond acceptors (Lipinski definition) is 5. The van der Waals surface area contributed by atoms with E-state index in [4.69, 9.17) is 14.2 Å². The minimum absolute atomic E-state index is 0.572. The van der Waals surface area contributed by atoms with Gasteiger partial charge in [-0.2, -0.15) is 0 Å². The number of aromatic nitrogens is 1. The Hall–Kier alpha value is -1.75. The number of rotatable bonds is 8. The fourth-order valence-corrected chi connectivity index (χ4v) is 2.61. The molecular weight excluding hydrogens is 286 g/mol. The van der Waals surface area contributed by atoms with Crippen molar-refractivity contribution in [2.75, 3.05) is 19.8 Å². The fourth-order valence-electron chi connectivity index (χ4n) is 2.03. The molecular formula is C16H20NO3S. The molecule has 0 saturated carbocycles. The molecule has 0 aliphatic rings. The van der Waals surface area contributed by atoms with Gasteiger partial charge >= 0.3 is 0 Å². The van der Waals surface area contributed by atoms with Crippen LogP contribution in [-0.2, 0) is 6.42 Å². The molecule has 0 atom stereocenters. The highest BCUT2D eigenvalue weighted by Gasteiger charge is 2.15. The maximum Gasteiger partial charge on any atom is 0.203 e. The Morgan fingerprint density at radius 1 is 1.00 bits per heavy atom. The molecule has 1 heterocycles. The average Bonchev–Trinajstić information content (AvgIpc) is 2.96. The van der Waals surface area contributed by atoms with Crippen molar-refractivity contribution in [3.63, 3.8) is 0 Å². The lowest BCUT2D eigenvalue weighted by Crippen LogP contribution is -2.03. The van der Waals surface area contributed by atoms with E-state index in [-0.39, 0.29) is 0 Å². The number of benzene rings is 1. The zero-order valence-corrected chi connectivity index (χ0v) is 13.5. The molecule has 0 bridgehead atoms. The number of ether oxygens (including phenoxy) is 3. The van der Waals surface area contributed by atoms with Gasteiger partial charge < -0.3 is 14.2 Å². The first-order valence-corrected chi connectivity index (χ1v) is 8.01. The van der Waals surface area contributed by atoms with Gasteiger partial charge in [0.15, 0.2) is 11.5 Å². The van der Waals surface area contributed by atoms with E-state index >= 15 is 0 Å². The van der Waals surface area contributed by atoms with Crippen LogP contribution < -0.4 is 14.2 Å². The summed E-state index contributed by atoms with van der Waals surface area (Å²) in [6, 6.07) is 4.01. The Bertz CT molecular complexity index is 528. The standard InChI is InChI=1S/C16H20NO3S/c1-4-18-14-8-12(7-13-10-17-11-21-13)9-15(19-5-2)16(14)20-6-3/h8-9,11H,4-7H2,1-3H3. The Labute approximate surface area is 129 Å². The summed E-state index contributed by atoms with van der Waals surface area (Å²) >= 11 is 1.59. The number of thiazole rings is 1. The Kier molecular flexibility index (Phi) is 5.87. The summed E-state index contributed by atoms with van der Waals surface area (Å²) < 4.78 is 17.1. The normalized spacial score (nSPS) is 10.4. The van der Waals surface area contributed by atoms with Gasteiger partial charge in [0.25, 0.3) is 0 Å². The van der Waals surface area contributed by atoms with E-state index in [1.165, 1.54) is 0 Å². The van der Waals surface area contributed by atoms with Gasteiger partial charge in [-0.25, -0.2) is 4.98 Å². The summed E-state index contributed by atoms with van der Waals surface area (Å²) in [6.07, 6.45) is 3.75. The molecule has 1 aromatic heterocycles. The Balaban J connectivity index is 2.36. The number of hydrogen-bond donors (Lipinski definition) is 0. The molecule has 0 fully saturated rings. The summed E-state index contributed by atoms with van der Waals surface area (Å²) in [6.45, 7) is 7.61. The van der Waals surface area contributed by atoms with Crippen molar-refractivity contribution in [3.05, 3.63) is 34.3 Å². The zero-order chi connectivity index (χ0) is 15.1. The van der Waals surface area contributed by atoms with Gasteiger partial charge in [-0.05, 0) is 38.5 Å². The predicted octanol–water partition coefficient (Wildman–Crippen LogP) is 3.73. The van der Waals surface area contributed by atoms with E-state index in [1.807, 2.05) is 32.9 Å². The molecule has 0 N–H and O–H groups in total. The number of nitrogens with zero attached hydrogens (tertiary/aromatic N) is 1.